The van der Waals surface area contributed by atoms with Crippen LogP contribution in [0.1, 0.15) is 24.0 Å². The van der Waals surface area contributed by atoms with Crippen LogP contribution in [0, 0.1) is 0 Å². The first-order valence-corrected chi connectivity index (χ1v) is 9.79. The van der Waals surface area contributed by atoms with E-state index in [0.29, 0.717) is 5.88 Å². The number of likely N-dealkylation sites (N-methyl/N-ethyl adjacent to an activating group) is 1. The van der Waals surface area contributed by atoms with Crippen LogP contribution >= 0.6 is 15.9 Å². The molecule has 0 radical (unpaired) electrons. The summed E-state index contributed by atoms with van der Waals surface area (Å²) < 4.78 is 6.75. The van der Waals surface area contributed by atoms with Gasteiger partial charge in [-0.15, -0.1) is 0 Å². The second kappa shape index (κ2) is 8.68. The Morgan fingerprint density at radius 1 is 1.15 bits per heavy atom. The van der Waals surface area contributed by atoms with Gasteiger partial charge in [0.15, 0.2) is 0 Å². The number of rotatable bonds is 6. The van der Waals surface area contributed by atoms with Crippen LogP contribution in [0.25, 0.3) is 10.9 Å². The monoisotopic (exact) mass is 424 g/mol. The van der Waals surface area contributed by atoms with Gasteiger partial charge in [-0.2, -0.15) is 0 Å². The summed E-state index contributed by atoms with van der Waals surface area (Å²) in [5, 5.41) is 1.10. The minimum atomic E-state index is 0.0944. The van der Waals surface area contributed by atoms with Crippen LogP contribution < -0.4 is 4.74 Å². The third-order valence-electron chi connectivity index (χ3n) is 4.64. The van der Waals surface area contributed by atoms with Crippen molar-refractivity contribution in [3.63, 3.8) is 0 Å². The topological polar surface area (TPSA) is 25.4 Å². The molecule has 0 saturated carbocycles. The molecule has 27 heavy (non-hydrogen) atoms. The van der Waals surface area contributed by atoms with Gasteiger partial charge in [0.2, 0.25) is 5.88 Å². The summed E-state index contributed by atoms with van der Waals surface area (Å²) in [7, 11) is 5.85. The van der Waals surface area contributed by atoms with Crippen molar-refractivity contribution in [1.29, 1.82) is 0 Å². The molecule has 1 aromatic heterocycles. The zero-order valence-corrected chi connectivity index (χ0v) is 17.8. The van der Waals surface area contributed by atoms with E-state index in [0.717, 1.165) is 27.5 Å². The fourth-order valence-electron chi connectivity index (χ4n) is 3.29. The number of nitrogens with zero attached hydrogens (tertiary/aromatic N) is 2. The minimum absolute atomic E-state index is 0.0944. The van der Waals surface area contributed by atoms with Gasteiger partial charge in [-0.1, -0.05) is 57.9 Å². The summed E-state index contributed by atoms with van der Waals surface area (Å²) in [6.07, 6.45) is 2.28. The van der Waals surface area contributed by atoms with Gasteiger partial charge >= 0.3 is 0 Å². The SMILES string of the molecule is COc1nc2ccc(Br)cc2cc1C(C(C)=CCN(C)C)c1ccccc1. The molecular formula is C23H25BrN2O. The lowest BCUT2D eigenvalue weighted by Gasteiger charge is -2.22. The maximum atomic E-state index is 5.70. The molecule has 3 aromatic rings. The molecule has 0 amide bonds. The number of benzene rings is 2. The Morgan fingerprint density at radius 3 is 2.56 bits per heavy atom. The average Bonchev–Trinajstić information content (AvgIpc) is 2.66. The lowest BCUT2D eigenvalue weighted by molar-refractivity contribution is 0.393. The molecule has 0 spiro atoms. The van der Waals surface area contributed by atoms with Crippen molar-refractivity contribution in [3.05, 3.63) is 81.8 Å². The smallest absolute Gasteiger partial charge is 0.217 e. The zero-order valence-electron chi connectivity index (χ0n) is 16.2. The van der Waals surface area contributed by atoms with Crippen LogP contribution in [0.2, 0.25) is 0 Å². The van der Waals surface area contributed by atoms with Crippen LogP contribution in [-0.4, -0.2) is 37.6 Å². The number of fused-ring (bicyclic) bond motifs is 1. The van der Waals surface area contributed by atoms with Crippen molar-refractivity contribution in [2.45, 2.75) is 12.8 Å². The highest BCUT2D eigenvalue weighted by atomic mass is 79.9. The number of hydrogen-bond donors (Lipinski definition) is 0. The number of aromatic nitrogens is 1. The molecule has 0 bridgehead atoms. The summed E-state index contributed by atoms with van der Waals surface area (Å²) in [5.74, 6) is 0.772. The second-order valence-electron chi connectivity index (χ2n) is 6.98. The maximum Gasteiger partial charge on any atom is 0.217 e. The van der Waals surface area contributed by atoms with Crippen LogP contribution in [-0.2, 0) is 0 Å². The van der Waals surface area contributed by atoms with E-state index in [-0.39, 0.29) is 5.92 Å². The number of allylic oxidation sites excluding steroid dienone is 1. The second-order valence-corrected chi connectivity index (χ2v) is 7.89. The molecule has 0 saturated heterocycles. The van der Waals surface area contributed by atoms with Gasteiger partial charge in [-0.25, -0.2) is 4.98 Å². The highest BCUT2D eigenvalue weighted by molar-refractivity contribution is 9.10. The van der Waals surface area contributed by atoms with Crippen molar-refractivity contribution in [2.24, 2.45) is 0 Å². The van der Waals surface area contributed by atoms with Gasteiger partial charge in [0.25, 0.3) is 0 Å². The standard InChI is InChI=1S/C23H25BrN2O/c1-16(12-13-26(2)3)22(17-8-6-5-7-9-17)20-15-18-14-19(24)10-11-21(18)25-23(20)27-4/h5-12,14-15,22H,13H2,1-4H3. The molecule has 0 N–H and O–H groups in total. The van der Waals surface area contributed by atoms with E-state index in [2.05, 4.69) is 84.3 Å². The first kappa shape index (κ1) is 19.6. The van der Waals surface area contributed by atoms with Crippen molar-refractivity contribution in [3.8, 4) is 5.88 Å². The molecule has 4 heteroatoms. The molecule has 1 atom stereocenters. The number of pyridine rings is 1. The van der Waals surface area contributed by atoms with E-state index in [1.165, 1.54) is 11.1 Å². The fourth-order valence-corrected chi connectivity index (χ4v) is 3.67. The van der Waals surface area contributed by atoms with Crippen molar-refractivity contribution in [2.75, 3.05) is 27.7 Å². The lowest BCUT2D eigenvalue weighted by atomic mass is 9.85. The van der Waals surface area contributed by atoms with Crippen LogP contribution in [0.3, 0.4) is 0 Å². The molecule has 0 fully saturated rings. The first-order valence-electron chi connectivity index (χ1n) is 9.00. The Labute approximate surface area is 169 Å². The van der Waals surface area contributed by atoms with Gasteiger partial charge in [0.1, 0.15) is 0 Å². The van der Waals surface area contributed by atoms with Gasteiger partial charge in [-0.3, -0.25) is 0 Å². The summed E-state index contributed by atoms with van der Waals surface area (Å²) in [5.41, 5.74) is 4.53. The predicted molar refractivity (Wildman–Crippen MR) is 117 cm³/mol. The molecule has 1 heterocycles. The molecule has 140 valence electrons. The van der Waals surface area contributed by atoms with Crippen LogP contribution in [0.4, 0.5) is 0 Å². The number of hydrogen-bond acceptors (Lipinski definition) is 3. The molecule has 1 unspecified atom stereocenters. The molecule has 0 aliphatic carbocycles. The van der Waals surface area contributed by atoms with E-state index in [1.54, 1.807) is 7.11 Å². The number of halogens is 1. The molecule has 0 aliphatic rings. The van der Waals surface area contributed by atoms with Crippen molar-refractivity contribution in [1.82, 2.24) is 9.88 Å². The third-order valence-corrected chi connectivity index (χ3v) is 5.13. The lowest BCUT2D eigenvalue weighted by Crippen LogP contribution is -2.13. The normalized spacial score (nSPS) is 13.2. The van der Waals surface area contributed by atoms with Crippen LogP contribution in [0.15, 0.2) is 70.7 Å². The van der Waals surface area contributed by atoms with E-state index < -0.39 is 0 Å². The predicted octanol–water partition coefficient (Wildman–Crippen LogP) is 5.65. The Kier molecular flexibility index (Phi) is 6.30. The van der Waals surface area contributed by atoms with Gasteiger partial charge in [0.05, 0.1) is 12.6 Å². The van der Waals surface area contributed by atoms with E-state index in [1.807, 2.05) is 18.2 Å². The van der Waals surface area contributed by atoms with Crippen LogP contribution in [0.5, 0.6) is 5.88 Å². The molecular weight excluding hydrogens is 400 g/mol. The first-order chi connectivity index (χ1) is 13.0. The molecule has 3 rings (SSSR count). The maximum absolute atomic E-state index is 5.70. The largest absolute Gasteiger partial charge is 0.481 e. The summed E-state index contributed by atoms with van der Waals surface area (Å²) in [4.78, 5) is 6.94. The van der Waals surface area contributed by atoms with E-state index in [9.17, 15) is 0 Å². The third kappa shape index (κ3) is 4.57. The zero-order chi connectivity index (χ0) is 19.4. The van der Waals surface area contributed by atoms with Gasteiger partial charge in [-0.05, 0) is 50.8 Å². The average molecular weight is 425 g/mol. The summed E-state index contributed by atoms with van der Waals surface area (Å²) >= 11 is 3.57. The Bertz CT molecular complexity index is 951. The van der Waals surface area contributed by atoms with E-state index in [4.69, 9.17) is 9.72 Å². The van der Waals surface area contributed by atoms with Gasteiger partial charge < -0.3 is 9.64 Å². The summed E-state index contributed by atoms with van der Waals surface area (Å²) in [6.45, 7) is 3.08. The Balaban J connectivity index is 2.20. The Morgan fingerprint density at radius 2 is 1.89 bits per heavy atom. The molecule has 3 nitrogen and oxygen atoms in total. The van der Waals surface area contributed by atoms with Crippen molar-refractivity contribution < 1.29 is 4.74 Å². The quantitative estimate of drug-likeness (QED) is 0.478. The van der Waals surface area contributed by atoms with Crippen molar-refractivity contribution >= 4 is 26.8 Å². The molecule has 0 aliphatic heterocycles. The van der Waals surface area contributed by atoms with Gasteiger partial charge in [0, 0.05) is 27.9 Å². The van der Waals surface area contributed by atoms with E-state index >= 15 is 0 Å². The summed E-state index contributed by atoms with van der Waals surface area (Å²) in [6, 6.07) is 18.9. The highest BCUT2D eigenvalue weighted by Crippen LogP contribution is 2.38. The Hall–Kier alpha value is -2.17. The minimum Gasteiger partial charge on any atom is -0.481 e. The molecule has 2 aromatic carbocycles. The fraction of sp³-hybridized carbons (Fsp3) is 0.261. The highest BCUT2D eigenvalue weighted by Gasteiger charge is 2.22. The number of ether oxygens (including phenoxy) is 1. The number of methoxy groups -OCH3 is 1.